The fourth-order valence-electron chi connectivity index (χ4n) is 2.59. The third-order valence-electron chi connectivity index (χ3n) is 3.93. The predicted octanol–water partition coefficient (Wildman–Crippen LogP) is 3.91. The van der Waals surface area contributed by atoms with E-state index in [1.54, 1.807) is 13.0 Å². The van der Waals surface area contributed by atoms with Crippen molar-refractivity contribution in [3.63, 3.8) is 0 Å². The van der Waals surface area contributed by atoms with Gasteiger partial charge in [-0.1, -0.05) is 0 Å². The summed E-state index contributed by atoms with van der Waals surface area (Å²) in [6, 6.07) is 15.7. The van der Waals surface area contributed by atoms with Crippen LogP contribution in [0.15, 0.2) is 42.5 Å². The Balaban J connectivity index is 1.99. The summed E-state index contributed by atoms with van der Waals surface area (Å²) in [4.78, 5) is 15.6. The van der Waals surface area contributed by atoms with Crippen molar-refractivity contribution in [2.75, 3.05) is 0 Å². The second-order valence-corrected chi connectivity index (χ2v) is 7.65. The third kappa shape index (κ3) is 3.41. The molecule has 0 radical (unpaired) electrons. The molecule has 124 valence electrons. The van der Waals surface area contributed by atoms with Gasteiger partial charge in [0.15, 0.2) is 0 Å². The third-order valence-corrected chi connectivity index (χ3v) is 6.44. The van der Waals surface area contributed by atoms with Crippen LogP contribution in [0.25, 0.3) is 21.3 Å². The number of carboxylic acid groups (broad SMARTS) is 1. The molecule has 0 spiro atoms. The van der Waals surface area contributed by atoms with E-state index in [-0.39, 0.29) is 14.5 Å². The van der Waals surface area contributed by atoms with Crippen LogP contribution in [0.3, 0.4) is 0 Å². The summed E-state index contributed by atoms with van der Waals surface area (Å²) in [5, 5.41) is 18.8. The fraction of sp³-hybridized carbons (Fsp3) is 0.150. The Kier molecular flexibility index (Phi) is 4.47. The molecule has 2 aromatic carbocycles. The number of rotatable bonds is 4. The van der Waals surface area contributed by atoms with Gasteiger partial charge in [0.25, 0.3) is 0 Å². The summed E-state index contributed by atoms with van der Waals surface area (Å²) in [5.41, 5.74) is 4.76. The van der Waals surface area contributed by atoms with Crippen molar-refractivity contribution in [3.05, 3.63) is 63.7 Å². The number of carbonyl (C=O) groups is 1. The number of hydrogen-bond acceptors (Lipinski definition) is 3. The molecule has 0 saturated carbocycles. The van der Waals surface area contributed by atoms with Gasteiger partial charge in [0.2, 0.25) is 0 Å². The molecule has 0 atom stereocenters. The van der Waals surface area contributed by atoms with Crippen LogP contribution in [0, 0.1) is 18.3 Å². The Morgan fingerprint density at radius 1 is 1.28 bits per heavy atom. The van der Waals surface area contributed by atoms with Crippen LogP contribution in [-0.2, 0) is 6.42 Å². The molecule has 5 heteroatoms. The van der Waals surface area contributed by atoms with E-state index >= 15 is 0 Å². The second kappa shape index (κ2) is 7.06. The predicted molar refractivity (Wildman–Crippen MR) is 97.8 cm³/mol. The van der Waals surface area contributed by atoms with Crippen LogP contribution in [0.1, 0.15) is 34.3 Å². The van der Waals surface area contributed by atoms with Crippen LogP contribution in [-0.4, -0.2) is 30.6 Å². The molecular weight excluding hydrogens is 379 g/mol. The van der Waals surface area contributed by atoms with Crippen molar-refractivity contribution in [2.24, 2.45) is 0 Å². The van der Waals surface area contributed by atoms with Gasteiger partial charge in [-0.05, 0) is 0 Å². The monoisotopic (exact) mass is 397 g/mol. The molecule has 1 N–H and O–H groups in total. The summed E-state index contributed by atoms with van der Waals surface area (Å²) < 4.78 is 8.39. The zero-order chi connectivity index (χ0) is 18.7. The van der Waals surface area contributed by atoms with E-state index in [1.807, 2.05) is 36.4 Å². The van der Waals surface area contributed by atoms with Crippen LogP contribution in [0.2, 0.25) is 0 Å². The summed E-state index contributed by atoms with van der Waals surface area (Å²) in [6.45, 7) is 2.06. The molecule has 3 rings (SSSR count). The first-order chi connectivity index (χ1) is 12.5. The van der Waals surface area contributed by atoms with E-state index in [2.05, 4.69) is 11.1 Å². The SMILES string of the molecule is [2H]CCc1ccc(-c2ccc(-c3nc(C)c(C(=O)O)[se]3)cc2C#N)cc1. The molecule has 1 aromatic heterocycles. The number of benzene rings is 2. The van der Waals surface area contributed by atoms with Crippen molar-refractivity contribution in [3.8, 4) is 27.3 Å². The molecule has 0 saturated heterocycles. The number of nitrogens with zero attached hydrogens (tertiary/aromatic N) is 2. The standard InChI is InChI=1S/C20H16N2O2Se/c1-3-13-4-6-14(7-5-13)17-9-8-15(10-16(17)11-21)19-22-12(2)18(25-19)20(23)24/h4-10H,3H2,1-2H3,(H,23,24)/i1D. The summed E-state index contributed by atoms with van der Waals surface area (Å²) in [6.07, 6.45) is 0.713. The number of nitriles is 1. The van der Waals surface area contributed by atoms with Crippen molar-refractivity contribution in [2.45, 2.75) is 20.2 Å². The number of carboxylic acids is 1. The Labute approximate surface area is 153 Å². The van der Waals surface area contributed by atoms with Gasteiger partial charge in [0.05, 0.1) is 0 Å². The quantitative estimate of drug-likeness (QED) is 0.679. The van der Waals surface area contributed by atoms with E-state index in [4.69, 9.17) is 1.37 Å². The average Bonchev–Trinajstić information content (AvgIpc) is 3.04. The van der Waals surface area contributed by atoms with Crippen LogP contribution in [0.5, 0.6) is 0 Å². The normalized spacial score (nSPS) is 11.0. The van der Waals surface area contributed by atoms with Crippen molar-refractivity contribution < 1.29 is 11.3 Å². The van der Waals surface area contributed by atoms with E-state index in [0.717, 1.165) is 26.8 Å². The molecule has 25 heavy (non-hydrogen) atoms. The topological polar surface area (TPSA) is 74.0 Å². The van der Waals surface area contributed by atoms with Gasteiger partial charge < -0.3 is 0 Å². The second-order valence-electron chi connectivity index (χ2n) is 5.56. The van der Waals surface area contributed by atoms with Gasteiger partial charge in [-0.15, -0.1) is 0 Å². The average molecular weight is 396 g/mol. The van der Waals surface area contributed by atoms with E-state index in [9.17, 15) is 15.2 Å². The first kappa shape index (κ1) is 15.8. The first-order valence-electron chi connectivity index (χ1n) is 8.38. The molecule has 0 amide bonds. The molecular formula is C20H16N2O2Se. The van der Waals surface area contributed by atoms with Gasteiger partial charge in [-0.2, -0.15) is 0 Å². The fourth-order valence-corrected chi connectivity index (χ4v) is 4.48. The van der Waals surface area contributed by atoms with Gasteiger partial charge in [-0.3, -0.25) is 0 Å². The zero-order valence-electron chi connectivity index (χ0n) is 14.6. The Hall–Kier alpha value is -2.67. The van der Waals surface area contributed by atoms with Crippen LogP contribution >= 0.6 is 0 Å². The number of hydrogen-bond donors (Lipinski definition) is 1. The van der Waals surface area contributed by atoms with E-state index in [0.29, 0.717) is 29.0 Å². The summed E-state index contributed by atoms with van der Waals surface area (Å²) in [5.74, 6) is -0.925. The maximum absolute atomic E-state index is 11.2. The van der Waals surface area contributed by atoms with Gasteiger partial charge >= 0.3 is 153 Å². The Morgan fingerprint density at radius 3 is 2.60 bits per heavy atom. The minimum absolute atomic E-state index is 0.354. The summed E-state index contributed by atoms with van der Waals surface area (Å²) in [7, 11) is 0. The van der Waals surface area contributed by atoms with Gasteiger partial charge in [0.1, 0.15) is 0 Å². The molecule has 0 aliphatic heterocycles. The van der Waals surface area contributed by atoms with Crippen LogP contribution < -0.4 is 0 Å². The van der Waals surface area contributed by atoms with E-state index < -0.39 is 5.97 Å². The molecule has 0 bridgehead atoms. The molecule has 0 fully saturated rings. The van der Waals surface area contributed by atoms with Crippen molar-refractivity contribution >= 4 is 20.5 Å². The molecule has 0 aliphatic rings. The minimum atomic E-state index is -0.925. The van der Waals surface area contributed by atoms with Crippen molar-refractivity contribution in [1.82, 2.24) is 4.98 Å². The van der Waals surface area contributed by atoms with Crippen LogP contribution in [0.4, 0.5) is 0 Å². The maximum atomic E-state index is 11.2. The first-order valence-corrected chi connectivity index (χ1v) is 9.38. The number of aryl methyl sites for hydroxylation is 2. The molecule has 1 heterocycles. The molecule has 0 aliphatic carbocycles. The van der Waals surface area contributed by atoms with Gasteiger partial charge in [0, 0.05) is 0 Å². The summed E-state index contributed by atoms with van der Waals surface area (Å²) >= 11 is -0.359. The number of aromatic carboxylic acids is 1. The Morgan fingerprint density at radius 2 is 2.00 bits per heavy atom. The number of aromatic nitrogens is 1. The molecule has 4 nitrogen and oxygen atoms in total. The van der Waals surface area contributed by atoms with Crippen molar-refractivity contribution in [1.29, 1.82) is 5.26 Å². The molecule has 0 unspecified atom stereocenters. The Bertz CT molecular complexity index is 1000. The van der Waals surface area contributed by atoms with E-state index in [1.165, 1.54) is 0 Å². The van der Waals surface area contributed by atoms with Gasteiger partial charge in [-0.25, -0.2) is 0 Å². The zero-order valence-corrected chi connectivity index (χ0v) is 15.3. The molecule has 3 aromatic rings.